The van der Waals surface area contributed by atoms with Gasteiger partial charge in [0.05, 0.1) is 0 Å². The number of carboxylic acid groups (broad SMARTS) is 3. The lowest BCUT2D eigenvalue weighted by molar-refractivity contribution is -0.140. The van der Waals surface area contributed by atoms with E-state index in [0.717, 1.165) is 0 Å². The Labute approximate surface area is 115 Å². The van der Waals surface area contributed by atoms with Gasteiger partial charge in [-0.1, -0.05) is 0 Å². The number of rotatable bonds is 9. The van der Waals surface area contributed by atoms with Crippen molar-refractivity contribution in [1.82, 2.24) is 10.6 Å². The Balaban J connectivity index is 4.21. The Morgan fingerprint density at radius 2 is 1.40 bits per heavy atom. The number of urea groups is 1. The Kier molecular flexibility index (Phi) is 7.71. The number of nitrogens with one attached hydrogen (secondary N) is 2. The number of carbonyl (C=O) groups excluding carboxylic acids is 1. The third kappa shape index (κ3) is 8.72. The maximum absolute atomic E-state index is 11.5. The van der Waals surface area contributed by atoms with Gasteiger partial charge >= 0.3 is 23.9 Å². The molecular weight excluding hydrogens is 272 g/mol. The molecule has 0 fully saturated rings. The van der Waals surface area contributed by atoms with Crippen LogP contribution in [-0.2, 0) is 14.4 Å². The minimum absolute atomic E-state index is 0.122. The second kappa shape index (κ2) is 8.73. The Morgan fingerprint density at radius 1 is 0.900 bits per heavy atom. The topological polar surface area (TPSA) is 153 Å². The number of hydrogen-bond acceptors (Lipinski definition) is 4. The summed E-state index contributed by atoms with van der Waals surface area (Å²) in [6.07, 6.45) is -0.536. The van der Waals surface area contributed by atoms with Crippen LogP contribution in [0.2, 0.25) is 0 Å². The van der Waals surface area contributed by atoms with Crippen LogP contribution in [-0.4, -0.2) is 51.3 Å². The summed E-state index contributed by atoms with van der Waals surface area (Å²) in [5.74, 6) is -3.49. The van der Waals surface area contributed by atoms with Crippen LogP contribution >= 0.6 is 0 Å². The van der Waals surface area contributed by atoms with E-state index in [1.165, 1.54) is 0 Å². The fourth-order valence-electron chi connectivity index (χ4n) is 1.36. The first kappa shape index (κ1) is 17.7. The first-order chi connectivity index (χ1) is 9.22. The van der Waals surface area contributed by atoms with Crippen molar-refractivity contribution in [2.24, 2.45) is 0 Å². The van der Waals surface area contributed by atoms with E-state index in [9.17, 15) is 19.2 Å². The summed E-state index contributed by atoms with van der Waals surface area (Å²) >= 11 is 0. The zero-order chi connectivity index (χ0) is 15.7. The first-order valence-corrected chi connectivity index (χ1v) is 5.95. The van der Waals surface area contributed by atoms with E-state index in [4.69, 9.17) is 15.3 Å². The van der Waals surface area contributed by atoms with E-state index in [1.807, 2.05) is 0 Å². The average Bonchev–Trinajstić information content (AvgIpc) is 2.31. The maximum atomic E-state index is 11.5. The molecule has 5 N–H and O–H groups in total. The predicted octanol–water partition coefficient (Wildman–Crippen LogP) is -0.143. The molecule has 0 bridgehead atoms. The molecule has 0 saturated heterocycles. The number of amides is 2. The number of carbonyl (C=O) groups is 4. The van der Waals surface area contributed by atoms with Gasteiger partial charge in [-0.15, -0.1) is 0 Å². The Morgan fingerprint density at radius 3 is 1.85 bits per heavy atom. The van der Waals surface area contributed by atoms with Crippen molar-refractivity contribution in [3.05, 3.63) is 0 Å². The van der Waals surface area contributed by atoms with Crippen LogP contribution in [0.15, 0.2) is 0 Å². The summed E-state index contributed by atoms with van der Waals surface area (Å²) < 4.78 is 0. The summed E-state index contributed by atoms with van der Waals surface area (Å²) in [7, 11) is 0. The molecule has 114 valence electrons. The van der Waals surface area contributed by atoms with Crippen LogP contribution in [0.4, 0.5) is 4.79 Å². The molecular formula is C11H18N2O7. The van der Waals surface area contributed by atoms with Crippen LogP contribution in [0.5, 0.6) is 0 Å². The molecule has 2 amide bonds. The molecule has 0 spiro atoms. The van der Waals surface area contributed by atoms with Gasteiger partial charge in [-0.05, 0) is 19.8 Å². The van der Waals surface area contributed by atoms with Gasteiger partial charge in [0.25, 0.3) is 0 Å². The van der Waals surface area contributed by atoms with Crippen molar-refractivity contribution < 1.29 is 34.5 Å². The standard InChI is InChI=1S/C11H18N2O7/c1-6(2-4-8(14)15)12-11(20)13-7(10(18)19)3-5-9(16)17/h6-7H,2-5H2,1H3,(H,14,15)(H,16,17)(H,18,19)(H2,12,13,20). The van der Waals surface area contributed by atoms with Gasteiger partial charge in [0, 0.05) is 18.9 Å². The fraction of sp³-hybridized carbons (Fsp3) is 0.636. The first-order valence-electron chi connectivity index (χ1n) is 5.95. The van der Waals surface area contributed by atoms with Crippen LogP contribution in [0.25, 0.3) is 0 Å². The molecule has 0 radical (unpaired) electrons. The minimum atomic E-state index is -1.33. The molecule has 0 aromatic heterocycles. The summed E-state index contributed by atoms with van der Waals surface area (Å²) in [5.41, 5.74) is 0. The second-order valence-electron chi connectivity index (χ2n) is 4.27. The lowest BCUT2D eigenvalue weighted by Crippen LogP contribution is -2.48. The van der Waals surface area contributed by atoms with E-state index in [0.29, 0.717) is 0 Å². The Hall–Kier alpha value is -2.32. The molecule has 0 aliphatic rings. The number of carboxylic acids is 3. The maximum Gasteiger partial charge on any atom is 0.326 e. The molecule has 0 aliphatic heterocycles. The van der Waals surface area contributed by atoms with E-state index in [-0.39, 0.29) is 25.7 Å². The third-order valence-corrected chi connectivity index (χ3v) is 2.42. The van der Waals surface area contributed by atoms with Gasteiger partial charge in [0.2, 0.25) is 0 Å². The van der Waals surface area contributed by atoms with Gasteiger partial charge in [0.1, 0.15) is 6.04 Å². The highest BCUT2D eigenvalue weighted by Gasteiger charge is 2.21. The fourth-order valence-corrected chi connectivity index (χ4v) is 1.36. The smallest absolute Gasteiger partial charge is 0.326 e. The molecule has 0 saturated carbocycles. The summed E-state index contributed by atoms with van der Waals surface area (Å²) in [6, 6.07) is -2.53. The van der Waals surface area contributed by atoms with Gasteiger partial charge in [-0.25, -0.2) is 9.59 Å². The number of aliphatic carboxylic acids is 3. The normalized spacial score (nSPS) is 13.1. The van der Waals surface area contributed by atoms with Crippen molar-refractivity contribution in [3.63, 3.8) is 0 Å². The van der Waals surface area contributed by atoms with Crippen molar-refractivity contribution in [2.45, 2.75) is 44.7 Å². The molecule has 2 atom stereocenters. The third-order valence-electron chi connectivity index (χ3n) is 2.42. The zero-order valence-corrected chi connectivity index (χ0v) is 11.0. The number of hydrogen-bond donors (Lipinski definition) is 5. The lowest BCUT2D eigenvalue weighted by Gasteiger charge is -2.17. The largest absolute Gasteiger partial charge is 0.481 e. The summed E-state index contributed by atoms with van der Waals surface area (Å²) in [4.78, 5) is 43.0. The average molecular weight is 290 g/mol. The van der Waals surface area contributed by atoms with Crippen molar-refractivity contribution in [2.75, 3.05) is 0 Å². The zero-order valence-electron chi connectivity index (χ0n) is 11.0. The molecule has 20 heavy (non-hydrogen) atoms. The summed E-state index contributed by atoms with van der Waals surface area (Å²) in [6.45, 7) is 1.58. The molecule has 0 rings (SSSR count). The van der Waals surface area contributed by atoms with Crippen LogP contribution in [0.3, 0.4) is 0 Å². The van der Waals surface area contributed by atoms with Crippen molar-refractivity contribution in [1.29, 1.82) is 0 Å². The van der Waals surface area contributed by atoms with E-state index in [1.54, 1.807) is 6.92 Å². The summed E-state index contributed by atoms with van der Waals surface area (Å²) in [5, 5.41) is 30.3. The van der Waals surface area contributed by atoms with Crippen LogP contribution in [0.1, 0.15) is 32.6 Å². The van der Waals surface area contributed by atoms with Gasteiger partial charge < -0.3 is 26.0 Å². The molecule has 9 heteroatoms. The van der Waals surface area contributed by atoms with E-state index in [2.05, 4.69) is 10.6 Å². The van der Waals surface area contributed by atoms with E-state index >= 15 is 0 Å². The molecule has 0 aromatic carbocycles. The van der Waals surface area contributed by atoms with Gasteiger partial charge in [-0.3, -0.25) is 9.59 Å². The molecule has 2 unspecified atom stereocenters. The molecule has 9 nitrogen and oxygen atoms in total. The molecule has 0 heterocycles. The van der Waals surface area contributed by atoms with Crippen LogP contribution < -0.4 is 10.6 Å². The predicted molar refractivity (Wildman–Crippen MR) is 66.3 cm³/mol. The highest BCUT2D eigenvalue weighted by atomic mass is 16.4. The lowest BCUT2D eigenvalue weighted by atomic mass is 10.1. The second-order valence-corrected chi connectivity index (χ2v) is 4.27. The van der Waals surface area contributed by atoms with E-state index < -0.39 is 36.0 Å². The van der Waals surface area contributed by atoms with Gasteiger partial charge in [-0.2, -0.15) is 0 Å². The van der Waals surface area contributed by atoms with Crippen molar-refractivity contribution >= 4 is 23.9 Å². The minimum Gasteiger partial charge on any atom is -0.481 e. The highest BCUT2D eigenvalue weighted by molar-refractivity contribution is 5.83. The molecule has 0 aliphatic carbocycles. The van der Waals surface area contributed by atoms with Crippen molar-refractivity contribution in [3.8, 4) is 0 Å². The van der Waals surface area contributed by atoms with Crippen LogP contribution in [0, 0.1) is 0 Å². The monoisotopic (exact) mass is 290 g/mol. The molecule has 0 aromatic rings. The SMILES string of the molecule is CC(CCC(=O)O)NC(=O)NC(CCC(=O)O)C(=O)O. The van der Waals surface area contributed by atoms with Gasteiger partial charge in [0.15, 0.2) is 0 Å². The quantitative estimate of drug-likeness (QED) is 0.396. The highest BCUT2D eigenvalue weighted by Crippen LogP contribution is 2.00. The Bertz CT molecular complexity index is 383.